The van der Waals surface area contributed by atoms with E-state index in [0.29, 0.717) is 41.8 Å². The predicted molar refractivity (Wildman–Crippen MR) is 131 cm³/mol. The summed E-state index contributed by atoms with van der Waals surface area (Å²) in [5.74, 6) is 1.35. The topological polar surface area (TPSA) is 133 Å². The zero-order valence-corrected chi connectivity index (χ0v) is 21.3. The smallest absolute Gasteiger partial charge is 0.322 e. The minimum absolute atomic E-state index is 0.122. The molecule has 1 amide bonds. The summed E-state index contributed by atoms with van der Waals surface area (Å²) in [5, 5.41) is 10.4. The molecule has 3 aromatic rings. The van der Waals surface area contributed by atoms with Crippen LogP contribution in [0.2, 0.25) is 0 Å². The zero-order valence-electron chi connectivity index (χ0n) is 20.5. The molecule has 2 aromatic carbocycles. The highest BCUT2D eigenvalue weighted by atomic mass is 32.2. The summed E-state index contributed by atoms with van der Waals surface area (Å²) in [5.41, 5.74) is 0.743. The highest BCUT2D eigenvalue weighted by Crippen LogP contribution is 2.41. The Labute approximate surface area is 209 Å². The van der Waals surface area contributed by atoms with E-state index in [9.17, 15) is 13.2 Å². The molecule has 1 aromatic heterocycles. The number of nitrogens with one attached hydrogen (secondary N) is 1. The fourth-order valence-electron chi connectivity index (χ4n) is 3.92. The van der Waals surface area contributed by atoms with Crippen LogP contribution in [0.25, 0.3) is 11.5 Å². The Morgan fingerprint density at radius 2 is 1.61 bits per heavy atom. The molecule has 0 unspecified atom stereocenters. The van der Waals surface area contributed by atoms with Crippen molar-refractivity contribution in [2.45, 2.75) is 24.7 Å². The lowest BCUT2D eigenvalue weighted by molar-refractivity contribution is 0.102. The second-order valence-electron chi connectivity index (χ2n) is 8.39. The van der Waals surface area contributed by atoms with Gasteiger partial charge in [-0.05, 0) is 55.2 Å². The fraction of sp³-hybridized carbons (Fsp3) is 0.375. The van der Waals surface area contributed by atoms with Crippen molar-refractivity contribution in [1.82, 2.24) is 14.5 Å². The number of carbonyl (C=O) groups is 1. The monoisotopic (exact) mass is 516 g/mol. The summed E-state index contributed by atoms with van der Waals surface area (Å²) in [4.78, 5) is 12.8. The number of sulfonamides is 1. The lowest BCUT2D eigenvalue weighted by Gasteiger charge is -2.29. The van der Waals surface area contributed by atoms with Gasteiger partial charge in [-0.15, -0.1) is 5.10 Å². The molecule has 0 saturated carbocycles. The summed E-state index contributed by atoms with van der Waals surface area (Å²) in [7, 11) is 0.877. The van der Waals surface area contributed by atoms with Crippen molar-refractivity contribution < 1.29 is 31.8 Å². The average molecular weight is 517 g/mol. The average Bonchev–Trinajstić information content (AvgIpc) is 3.36. The third-order valence-corrected chi connectivity index (χ3v) is 7.97. The van der Waals surface area contributed by atoms with Gasteiger partial charge in [0.15, 0.2) is 11.5 Å². The molecule has 192 valence electrons. The molecule has 1 saturated heterocycles. The summed E-state index contributed by atoms with van der Waals surface area (Å²) >= 11 is 0. The molecular weight excluding hydrogens is 488 g/mol. The second-order valence-corrected chi connectivity index (χ2v) is 10.3. The Bertz CT molecular complexity index is 1310. The summed E-state index contributed by atoms with van der Waals surface area (Å²) in [6.45, 7) is 3.11. The molecule has 0 spiro atoms. The van der Waals surface area contributed by atoms with Gasteiger partial charge in [-0.2, -0.15) is 4.31 Å². The van der Waals surface area contributed by atoms with E-state index in [-0.39, 0.29) is 22.4 Å². The maximum atomic E-state index is 12.9. The molecule has 0 bridgehead atoms. The number of rotatable bonds is 8. The van der Waals surface area contributed by atoms with E-state index >= 15 is 0 Å². The minimum atomic E-state index is -3.60. The number of hydrogen-bond donors (Lipinski definition) is 1. The minimum Gasteiger partial charge on any atom is -0.493 e. The van der Waals surface area contributed by atoms with Gasteiger partial charge in [0, 0.05) is 24.2 Å². The van der Waals surface area contributed by atoms with Crippen molar-refractivity contribution in [3.8, 4) is 28.7 Å². The van der Waals surface area contributed by atoms with Gasteiger partial charge in [0.2, 0.25) is 21.7 Å². The van der Waals surface area contributed by atoms with Gasteiger partial charge in [0.05, 0.1) is 26.2 Å². The number of ether oxygens (including phenoxy) is 3. The number of methoxy groups -OCH3 is 3. The normalized spacial score (nSPS) is 14.9. The number of benzene rings is 2. The first-order valence-electron chi connectivity index (χ1n) is 11.3. The van der Waals surface area contributed by atoms with Crippen molar-refractivity contribution in [2.24, 2.45) is 5.92 Å². The fourth-order valence-corrected chi connectivity index (χ4v) is 5.39. The third kappa shape index (κ3) is 5.14. The molecule has 36 heavy (non-hydrogen) atoms. The number of amides is 1. The molecule has 1 aliphatic rings. The standard InChI is InChI=1S/C24H28N4O7S/c1-15-9-11-28(12-10-15)36(30,31)18-7-5-16(6-8-18)22(29)25-24-27-26-23(35-24)17-13-19(32-2)21(34-4)20(14-17)33-3/h5-8,13-15H,9-12H2,1-4H3,(H,25,27,29). The molecule has 0 aliphatic carbocycles. The SMILES string of the molecule is COc1cc(-c2nnc(NC(=O)c3ccc(S(=O)(=O)N4CCC(C)CC4)cc3)o2)cc(OC)c1OC. The van der Waals surface area contributed by atoms with Crippen LogP contribution >= 0.6 is 0 Å². The molecule has 2 heterocycles. The molecule has 1 N–H and O–H groups in total. The maximum Gasteiger partial charge on any atom is 0.322 e. The molecule has 11 nitrogen and oxygen atoms in total. The van der Waals surface area contributed by atoms with E-state index < -0.39 is 15.9 Å². The van der Waals surface area contributed by atoms with Gasteiger partial charge in [0.1, 0.15) is 0 Å². The third-order valence-electron chi connectivity index (χ3n) is 6.05. The van der Waals surface area contributed by atoms with Crippen LogP contribution in [0.15, 0.2) is 45.7 Å². The largest absolute Gasteiger partial charge is 0.493 e. The van der Waals surface area contributed by atoms with E-state index in [4.69, 9.17) is 18.6 Å². The Morgan fingerprint density at radius 1 is 1.00 bits per heavy atom. The lowest BCUT2D eigenvalue weighted by atomic mass is 10.0. The highest BCUT2D eigenvalue weighted by molar-refractivity contribution is 7.89. The van der Waals surface area contributed by atoms with Crippen LogP contribution in [0.5, 0.6) is 17.2 Å². The van der Waals surface area contributed by atoms with Gasteiger partial charge in [0.25, 0.3) is 5.91 Å². The van der Waals surface area contributed by atoms with Gasteiger partial charge in [-0.25, -0.2) is 8.42 Å². The van der Waals surface area contributed by atoms with Crippen LogP contribution in [0.4, 0.5) is 6.01 Å². The van der Waals surface area contributed by atoms with Gasteiger partial charge in [-0.3, -0.25) is 10.1 Å². The number of anilines is 1. The van der Waals surface area contributed by atoms with Gasteiger partial charge >= 0.3 is 6.01 Å². The van der Waals surface area contributed by atoms with Crippen molar-refractivity contribution in [3.63, 3.8) is 0 Å². The Morgan fingerprint density at radius 3 is 2.17 bits per heavy atom. The van der Waals surface area contributed by atoms with Crippen LogP contribution in [0, 0.1) is 5.92 Å². The molecule has 1 aliphatic heterocycles. The maximum absolute atomic E-state index is 12.9. The van der Waals surface area contributed by atoms with Crippen molar-refractivity contribution in [3.05, 3.63) is 42.0 Å². The number of nitrogens with zero attached hydrogens (tertiary/aromatic N) is 3. The Kier molecular flexibility index (Phi) is 7.45. The Balaban J connectivity index is 1.47. The van der Waals surface area contributed by atoms with Crippen molar-refractivity contribution >= 4 is 21.9 Å². The van der Waals surface area contributed by atoms with E-state index in [2.05, 4.69) is 22.4 Å². The van der Waals surface area contributed by atoms with Gasteiger partial charge in [-0.1, -0.05) is 12.0 Å². The summed E-state index contributed by atoms with van der Waals surface area (Å²) in [6.07, 6.45) is 1.67. The second kappa shape index (κ2) is 10.5. The van der Waals surface area contributed by atoms with Crippen molar-refractivity contribution in [1.29, 1.82) is 0 Å². The lowest BCUT2D eigenvalue weighted by Crippen LogP contribution is -2.37. The van der Waals surface area contributed by atoms with E-state index in [1.54, 1.807) is 12.1 Å². The van der Waals surface area contributed by atoms with Crippen LogP contribution in [-0.4, -0.2) is 63.2 Å². The molecule has 4 rings (SSSR count). The van der Waals surface area contributed by atoms with Crippen LogP contribution in [-0.2, 0) is 10.0 Å². The number of piperidine rings is 1. The zero-order chi connectivity index (χ0) is 25.9. The summed E-state index contributed by atoms with van der Waals surface area (Å²) < 4.78 is 48.9. The first kappa shape index (κ1) is 25.5. The first-order valence-corrected chi connectivity index (χ1v) is 12.8. The first-order chi connectivity index (χ1) is 17.3. The molecular formula is C24H28N4O7S. The van der Waals surface area contributed by atoms with Crippen molar-refractivity contribution in [2.75, 3.05) is 39.7 Å². The van der Waals surface area contributed by atoms with E-state index in [0.717, 1.165) is 12.8 Å². The van der Waals surface area contributed by atoms with Crippen LogP contribution < -0.4 is 19.5 Å². The molecule has 12 heteroatoms. The van der Waals surface area contributed by atoms with Gasteiger partial charge < -0.3 is 18.6 Å². The quantitative estimate of drug-likeness (QED) is 0.478. The molecule has 1 fully saturated rings. The number of hydrogen-bond acceptors (Lipinski definition) is 9. The van der Waals surface area contributed by atoms with E-state index in [1.165, 1.54) is 49.9 Å². The highest BCUT2D eigenvalue weighted by Gasteiger charge is 2.28. The summed E-state index contributed by atoms with van der Waals surface area (Å²) in [6, 6.07) is 8.92. The molecule has 0 atom stereocenters. The Hall–Kier alpha value is -3.64. The number of aromatic nitrogens is 2. The van der Waals surface area contributed by atoms with Crippen LogP contribution in [0.3, 0.4) is 0 Å². The number of carbonyl (C=O) groups excluding carboxylic acids is 1. The van der Waals surface area contributed by atoms with Crippen LogP contribution in [0.1, 0.15) is 30.1 Å². The molecule has 0 radical (unpaired) electrons. The predicted octanol–water partition coefficient (Wildman–Crippen LogP) is 3.44. The van der Waals surface area contributed by atoms with E-state index in [1.807, 2.05) is 0 Å².